The van der Waals surface area contributed by atoms with E-state index in [2.05, 4.69) is 0 Å². The molecule has 10 heavy (non-hydrogen) atoms. The fourth-order valence-electron chi connectivity index (χ4n) is 0.833. The lowest BCUT2D eigenvalue weighted by Gasteiger charge is -2.25. The lowest BCUT2D eigenvalue weighted by Crippen LogP contribution is -2.33. The van der Waals surface area contributed by atoms with Crippen molar-refractivity contribution in [3.8, 4) is 0 Å². The van der Waals surface area contributed by atoms with Gasteiger partial charge in [0, 0.05) is 7.11 Å². The summed E-state index contributed by atoms with van der Waals surface area (Å²) < 4.78 is 10.1. The Bertz CT molecular complexity index is 133. The maximum atomic E-state index is 9.12. The summed E-state index contributed by atoms with van der Waals surface area (Å²) in [4.78, 5) is 0. The second-order valence-corrected chi connectivity index (χ2v) is 2.32. The third-order valence-electron chi connectivity index (χ3n) is 1.53. The molecular formula is C7H12O3. The van der Waals surface area contributed by atoms with E-state index in [4.69, 9.17) is 14.6 Å². The molecule has 0 spiro atoms. The lowest BCUT2D eigenvalue weighted by molar-refractivity contribution is -0.151. The molecule has 1 N–H and O–H groups in total. The fourth-order valence-corrected chi connectivity index (χ4v) is 0.833. The van der Waals surface area contributed by atoms with Gasteiger partial charge in [0.05, 0.1) is 12.2 Å². The molecule has 0 unspecified atom stereocenters. The van der Waals surface area contributed by atoms with Gasteiger partial charge in [-0.05, 0) is 13.0 Å². The van der Waals surface area contributed by atoms with Crippen molar-refractivity contribution in [1.29, 1.82) is 0 Å². The minimum atomic E-state index is -0.494. The standard InChI is InChI=1S/C7H12O3/c1-5-6(8)3-4-7(9-2)10-5/h3-8H,1-2H3/t5-,6+,7+/m1/s1. The second kappa shape index (κ2) is 3.14. The molecule has 1 aliphatic rings. The molecule has 0 aliphatic carbocycles. The summed E-state index contributed by atoms with van der Waals surface area (Å²) in [5.41, 5.74) is 0. The van der Waals surface area contributed by atoms with Gasteiger partial charge in [0.25, 0.3) is 0 Å². The largest absolute Gasteiger partial charge is 0.386 e. The molecule has 0 aromatic carbocycles. The maximum Gasteiger partial charge on any atom is 0.177 e. The van der Waals surface area contributed by atoms with Crippen LogP contribution in [0.1, 0.15) is 6.92 Å². The van der Waals surface area contributed by atoms with Crippen molar-refractivity contribution in [3.63, 3.8) is 0 Å². The summed E-state index contributed by atoms with van der Waals surface area (Å²) in [5, 5.41) is 9.12. The Hall–Kier alpha value is -0.380. The van der Waals surface area contributed by atoms with Crippen molar-refractivity contribution in [2.45, 2.75) is 25.4 Å². The minimum absolute atomic E-state index is 0.171. The molecule has 1 rings (SSSR count). The molecule has 0 bridgehead atoms. The van der Waals surface area contributed by atoms with Crippen molar-refractivity contribution in [3.05, 3.63) is 12.2 Å². The van der Waals surface area contributed by atoms with Gasteiger partial charge in [0.2, 0.25) is 0 Å². The summed E-state index contributed by atoms with van der Waals surface area (Å²) >= 11 is 0. The van der Waals surface area contributed by atoms with Crippen LogP contribution in [-0.4, -0.2) is 30.7 Å². The molecule has 0 aromatic rings. The van der Waals surface area contributed by atoms with Gasteiger partial charge in [0.1, 0.15) is 0 Å². The summed E-state index contributed by atoms with van der Waals surface area (Å²) in [6.07, 6.45) is 2.42. The van der Waals surface area contributed by atoms with Crippen LogP contribution in [-0.2, 0) is 9.47 Å². The van der Waals surface area contributed by atoms with Gasteiger partial charge in [-0.1, -0.05) is 6.08 Å². The predicted octanol–water partition coefficient (Wildman–Crippen LogP) is 0.295. The van der Waals surface area contributed by atoms with Gasteiger partial charge in [-0.25, -0.2) is 0 Å². The number of hydrogen-bond donors (Lipinski definition) is 1. The zero-order valence-electron chi connectivity index (χ0n) is 6.15. The molecule has 0 amide bonds. The van der Waals surface area contributed by atoms with Crippen molar-refractivity contribution < 1.29 is 14.6 Å². The third kappa shape index (κ3) is 1.56. The number of aliphatic hydroxyl groups excluding tert-OH is 1. The van der Waals surface area contributed by atoms with Crippen LogP contribution >= 0.6 is 0 Å². The first-order valence-electron chi connectivity index (χ1n) is 3.28. The fraction of sp³-hybridized carbons (Fsp3) is 0.714. The Morgan fingerprint density at radius 1 is 1.50 bits per heavy atom. The van der Waals surface area contributed by atoms with Crippen molar-refractivity contribution in [1.82, 2.24) is 0 Å². The highest BCUT2D eigenvalue weighted by Crippen LogP contribution is 2.12. The first-order chi connectivity index (χ1) is 4.74. The van der Waals surface area contributed by atoms with Gasteiger partial charge in [-0.2, -0.15) is 0 Å². The van der Waals surface area contributed by atoms with E-state index in [1.54, 1.807) is 26.2 Å². The van der Waals surface area contributed by atoms with Crippen LogP contribution in [0.2, 0.25) is 0 Å². The second-order valence-electron chi connectivity index (χ2n) is 2.32. The highest BCUT2D eigenvalue weighted by Gasteiger charge is 2.20. The van der Waals surface area contributed by atoms with Gasteiger partial charge in [0.15, 0.2) is 6.29 Å². The van der Waals surface area contributed by atoms with Gasteiger partial charge >= 0.3 is 0 Å². The molecule has 3 nitrogen and oxygen atoms in total. The van der Waals surface area contributed by atoms with Crippen LogP contribution in [0.5, 0.6) is 0 Å². The van der Waals surface area contributed by atoms with Crippen LogP contribution < -0.4 is 0 Å². The molecule has 58 valence electrons. The van der Waals surface area contributed by atoms with Crippen LogP contribution in [0.15, 0.2) is 12.2 Å². The van der Waals surface area contributed by atoms with E-state index in [1.165, 1.54) is 0 Å². The number of methoxy groups -OCH3 is 1. The van der Waals surface area contributed by atoms with Gasteiger partial charge < -0.3 is 14.6 Å². The molecule has 0 radical (unpaired) electrons. The summed E-state index contributed by atoms with van der Waals surface area (Å²) in [5.74, 6) is 0. The molecule has 0 fully saturated rings. The van der Waals surface area contributed by atoms with Crippen molar-refractivity contribution >= 4 is 0 Å². The van der Waals surface area contributed by atoms with Crippen LogP contribution in [0, 0.1) is 0 Å². The number of ether oxygens (including phenoxy) is 2. The van der Waals surface area contributed by atoms with E-state index in [1.807, 2.05) is 0 Å². The molecule has 3 atom stereocenters. The molecule has 3 heteroatoms. The number of aliphatic hydroxyl groups is 1. The smallest absolute Gasteiger partial charge is 0.177 e. The Balaban J connectivity index is 2.51. The van der Waals surface area contributed by atoms with E-state index in [9.17, 15) is 0 Å². The van der Waals surface area contributed by atoms with Crippen molar-refractivity contribution in [2.24, 2.45) is 0 Å². The molecule has 1 aliphatic heterocycles. The summed E-state index contributed by atoms with van der Waals surface area (Å²) in [6, 6.07) is 0. The van der Waals surface area contributed by atoms with Gasteiger partial charge in [-0.3, -0.25) is 0 Å². The van der Waals surface area contributed by atoms with E-state index < -0.39 is 6.10 Å². The third-order valence-corrected chi connectivity index (χ3v) is 1.53. The molecular weight excluding hydrogens is 132 g/mol. The first-order valence-corrected chi connectivity index (χ1v) is 3.28. The molecule has 1 heterocycles. The quantitative estimate of drug-likeness (QED) is 0.538. The van der Waals surface area contributed by atoms with Crippen LogP contribution in [0.25, 0.3) is 0 Å². The van der Waals surface area contributed by atoms with Gasteiger partial charge in [-0.15, -0.1) is 0 Å². The zero-order valence-corrected chi connectivity index (χ0v) is 6.15. The SMILES string of the molecule is CO[C@@H]1C=C[C@H](O)[C@@H](C)O1. The maximum absolute atomic E-state index is 9.12. The summed E-state index contributed by atoms with van der Waals surface area (Å²) in [7, 11) is 1.57. The van der Waals surface area contributed by atoms with Crippen molar-refractivity contribution in [2.75, 3.05) is 7.11 Å². The Morgan fingerprint density at radius 2 is 2.20 bits per heavy atom. The molecule has 0 saturated heterocycles. The molecule has 0 saturated carbocycles. The Kier molecular flexibility index (Phi) is 2.43. The van der Waals surface area contributed by atoms with Crippen LogP contribution in [0.3, 0.4) is 0 Å². The Morgan fingerprint density at radius 3 is 2.70 bits per heavy atom. The average Bonchev–Trinajstić information content (AvgIpc) is 1.95. The topological polar surface area (TPSA) is 38.7 Å². The highest BCUT2D eigenvalue weighted by molar-refractivity contribution is 4.98. The average molecular weight is 144 g/mol. The monoisotopic (exact) mass is 144 g/mol. The zero-order chi connectivity index (χ0) is 7.56. The summed E-state index contributed by atoms with van der Waals surface area (Å²) in [6.45, 7) is 1.81. The molecule has 0 aromatic heterocycles. The number of rotatable bonds is 1. The Labute approximate surface area is 60.3 Å². The van der Waals surface area contributed by atoms with E-state index in [-0.39, 0.29) is 12.4 Å². The predicted molar refractivity (Wildman–Crippen MR) is 36.5 cm³/mol. The van der Waals surface area contributed by atoms with E-state index in [0.29, 0.717) is 0 Å². The number of hydrogen-bond acceptors (Lipinski definition) is 3. The van der Waals surface area contributed by atoms with E-state index >= 15 is 0 Å². The van der Waals surface area contributed by atoms with Crippen LogP contribution in [0.4, 0.5) is 0 Å². The first kappa shape index (κ1) is 7.72. The van der Waals surface area contributed by atoms with E-state index in [0.717, 1.165) is 0 Å². The lowest BCUT2D eigenvalue weighted by atomic mass is 10.2. The highest BCUT2D eigenvalue weighted by atomic mass is 16.7. The normalized spacial score (nSPS) is 40.1. The minimum Gasteiger partial charge on any atom is -0.386 e.